The van der Waals surface area contributed by atoms with E-state index in [1.807, 2.05) is 6.92 Å². The third kappa shape index (κ3) is 3.61. The van der Waals surface area contributed by atoms with Gasteiger partial charge in [0.05, 0.1) is 10.7 Å². The molecule has 17 heavy (non-hydrogen) atoms. The van der Waals surface area contributed by atoms with Crippen molar-refractivity contribution >= 4 is 40.6 Å². The maximum Gasteiger partial charge on any atom is 0.305 e. The maximum atomic E-state index is 11.3. The summed E-state index contributed by atoms with van der Waals surface area (Å²) in [7, 11) is 0. The van der Waals surface area contributed by atoms with Crippen LogP contribution in [0.3, 0.4) is 0 Å². The third-order valence-electron chi connectivity index (χ3n) is 2.07. The van der Waals surface area contributed by atoms with E-state index in [-0.39, 0.29) is 0 Å². The highest BCUT2D eigenvalue weighted by atomic mass is 35.5. The first-order valence-corrected chi connectivity index (χ1v) is 5.75. The highest BCUT2D eigenvalue weighted by Gasteiger charge is 2.14. The standard InChI is InChI=1S/C11H12Cl2N2O2/c1-3-15(14-11(17)7(2)16)10-5-4-8(12)6-9(10)13/h4-6H,3H2,1-2H3,(H,14,17). The van der Waals surface area contributed by atoms with Gasteiger partial charge in [-0.2, -0.15) is 0 Å². The van der Waals surface area contributed by atoms with Crippen LogP contribution in [0.15, 0.2) is 18.2 Å². The quantitative estimate of drug-likeness (QED) is 0.678. The van der Waals surface area contributed by atoms with Crippen molar-refractivity contribution in [1.29, 1.82) is 0 Å². The second-order valence-electron chi connectivity index (χ2n) is 3.34. The molecule has 0 radical (unpaired) electrons. The first kappa shape index (κ1) is 13.8. The van der Waals surface area contributed by atoms with Crippen molar-refractivity contribution in [3.05, 3.63) is 28.2 Å². The molecule has 1 rings (SSSR count). The molecule has 0 saturated heterocycles. The van der Waals surface area contributed by atoms with E-state index in [4.69, 9.17) is 23.2 Å². The lowest BCUT2D eigenvalue weighted by Gasteiger charge is -2.24. The molecule has 0 atom stereocenters. The van der Waals surface area contributed by atoms with Gasteiger partial charge in [0.25, 0.3) is 0 Å². The van der Waals surface area contributed by atoms with Crippen molar-refractivity contribution in [2.45, 2.75) is 13.8 Å². The van der Waals surface area contributed by atoms with Crippen LogP contribution in [0.2, 0.25) is 10.0 Å². The molecule has 0 fully saturated rings. The molecular formula is C11H12Cl2N2O2. The van der Waals surface area contributed by atoms with E-state index in [1.54, 1.807) is 18.2 Å². The number of rotatable bonds is 4. The molecule has 4 nitrogen and oxygen atoms in total. The van der Waals surface area contributed by atoms with Gasteiger partial charge < -0.3 is 0 Å². The van der Waals surface area contributed by atoms with Crippen molar-refractivity contribution in [1.82, 2.24) is 5.43 Å². The zero-order valence-electron chi connectivity index (χ0n) is 9.46. The van der Waals surface area contributed by atoms with Crippen LogP contribution in [0, 0.1) is 0 Å². The SMILES string of the molecule is CCN(NC(=O)C(C)=O)c1ccc(Cl)cc1Cl. The van der Waals surface area contributed by atoms with Crippen molar-refractivity contribution in [3.8, 4) is 0 Å². The Kier molecular flexibility index (Phi) is 4.78. The zero-order chi connectivity index (χ0) is 13.0. The van der Waals surface area contributed by atoms with Crippen LogP contribution in [-0.2, 0) is 9.59 Å². The van der Waals surface area contributed by atoms with Crippen LogP contribution in [0.25, 0.3) is 0 Å². The number of Topliss-reactive ketones (excluding diaryl/α,β-unsaturated/α-hetero) is 1. The molecule has 0 aliphatic carbocycles. The van der Waals surface area contributed by atoms with Crippen molar-refractivity contribution in [2.75, 3.05) is 11.6 Å². The van der Waals surface area contributed by atoms with Gasteiger partial charge in [-0.15, -0.1) is 0 Å². The first-order valence-electron chi connectivity index (χ1n) is 4.99. The van der Waals surface area contributed by atoms with Gasteiger partial charge in [-0.25, -0.2) is 0 Å². The summed E-state index contributed by atoms with van der Waals surface area (Å²) in [6.07, 6.45) is 0. The van der Waals surface area contributed by atoms with Gasteiger partial charge in [-0.05, 0) is 25.1 Å². The Bertz CT molecular complexity index is 449. The summed E-state index contributed by atoms with van der Waals surface area (Å²) in [6, 6.07) is 4.90. The van der Waals surface area contributed by atoms with E-state index >= 15 is 0 Å². The number of hydrogen-bond donors (Lipinski definition) is 1. The van der Waals surface area contributed by atoms with E-state index in [1.165, 1.54) is 11.9 Å². The lowest BCUT2D eigenvalue weighted by molar-refractivity contribution is -0.136. The fourth-order valence-electron chi connectivity index (χ4n) is 1.21. The summed E-state index contributed by atoms with van der Waals surface area (Å²) in [5.41, 5.74) is 3.05. The van der Waals surface area contributed by atoms with Crippen LogP contribution in [0.4, 0.5) is 5.69 Å². The van der Waals surface area contributed by atoms with Crippen molar-refractivity contribution in [2.24, 2.45) is 0 Å². The van der Waals surface area contributed by atoms with E-state index in [0.717, 1.165) is 0 Å². The van der Waals surface area contributed by atoms with Gasteiger partial charge in [0.15, 0.2) is 0 Å². The number of anilines is 1. The van der Waals surface area contributed by atoms with Crippen LogP contribution >= 0.6 is 23.2 Å². The van der Waals surface area contributed by atoms with Gasteiger partial charge in [0.1, 0.15) is 0 Å². The number of hydrogen-bond acceptors (Lipinski definition) is 3. The Hall–Kier alpha value is -1.26. The molecular weight excluding hydrogens is 263 g/mol. The number of hydrazine groups is 1. The van der Waals surface area contributed by atoms with Gasteiger partial charge in [-0.1, -0.05) is 23.2 Å². The smallest absolute Gasteiger partial charge is 0.289 e. The molecule has 0 aromatic heterocycles. The van der Waals surface area contributed by atoms with E-state index < -0.39 is 11.7 Å². The van der Waals surface area contributed by atoms with Gasteiger partial charge in [0, 0.05) is 18.5 Å². The topological polar surface area (TPSA) is 49.4 Å². The predicted molar refractivity (Wildman–Crippen MR) is 68.3 cm³/mol. The normalized spacial score (nSPS) is 9.88. The largest absolute Gasteiger partial charge is 0.305 e. The third-order valence-corrected chi connectivity index (χ3v) is 2.61. The Labute approximate surface area is 109 Å². The van der Waals surface area contributed by atoms with Crippen LogP contribution in [0.1, 0.15) is 13.8 Å². The van der Waals surface area contributed by atoms with E-state index in [9.17, 15) is 9.59 Å². The van der Waals surface area contributed by atoms with Gasteiger partial charge in [-0.3, -0.25) is 20.0 Å². The summed E-state index contributed by atoms with van der Waals surface area (Å²) < 4.78 is 0. The Balaban J connectivity index is 2.94. The second-order valence-corrected chi connectivity index (χ2v) is 4.18. The Morgan fingerprint density at radius 2 is 2.00 bits per heavy atom. The van der Waals surface area contributed by atoms with Crippen LogP contribution < -0.4 is 10.4 Å². The summed E-state index contributed by atoms with van der Waals surface area (Å²) in [6.45, 7) is 3.50. The lowest BCUT2D eigenvalue weighted by Crippen LogP contribution is -2.45. The number of benzene rings is 1. The number of carbonyl (C=O) groups is 2. The highest BCUT2D eigenvalue weighted by molar-refractivity contribution is 6.37. The summed E-state index contributed by atoms with van der Waals surface area (Å²) in [4.78, 5) is 22.2. The fourth-order valence-corrected chi connectivity index (χ4v) is 1.72. The minimum atomic E-state index is -0.683. The van der Waals surface area contributed by atoms with Gasteiger partial charge >= 0.3 is 5.91 Å². The Morgan fingerprint density at radius 1 is 1.35 bits per heavy atom. The number of nitrogens with zero attached hydrogens (tertiary/aromatic N) is 1. The monoisotopic (exact) mass is 274 g/mol. The maximum absolute atomic E-state index is 11.3. The summed E-state index contributed by atoms with van der Waals surface area (Å²) in [5.74, 6) is -1.24. The van der Waals surface area contributed by atoms with E-state index in [2.05, 4.69) is 5.43 Å². The molecule has 0 aliphatic heterocycles. The molecule has 0 unspecified atom stereocenters. The number of nitrogens with one attached hydrogen (secondary N) is 1. The van der Waals surface area contributed by atoms with Crippen LogP contribution in [0.5, 0.6) is 0 Å². The molecule has 92 valence electrons. The summed E-state index contributed by atoms with van der Waals surface area (Å²) in [5, 5.41) is 2.40. The first-order chi connectivity index (χ1) is 7.95. The predicted octanol–water partition coefficient (Wildman–Crippen LogP) is 2.44. The molecule has 0 aliphatic rings. The average Bonchev–Trinajstić information content (AvgIpc) is 2.26. The van der Waals surface area contributed by atoms with Crippen LogP contribution in [-0.4, -0.2) is 18.2 Å². The Morgan fingerprint density at radius 3 is 2.47 bits per heavy atom. The average molecular weight is 275 g/mol. The number of halogens is 2. The van der Waals surface area contributed by atoms with Gasteiger partial charge in [0.2, 0.25) is 5.78 Å². The molecule has 1 aromatic carbocycles. The minimum Gasteiger partial charge on any atom is -0.289 e. The van der Waals surface area contributed by atoms with Crippen molar-refractivity contribution < 1.29 is 9.59 Å². The minimum absolute atomic E-state index is 0.406. The zero-order valence-corrected chi connectivity index (χ0v) is 11.0. The number of carbonyl (C=O) groups excluding carboxylic acids is 2. The lowest BCUT2D eigenvalue weighted by atomic mass is 10.3. The molecule has 0 saturated carbocycles. The molecule has 6 heteroatoms. The fraction of sp³-hybridized carbons (Fsp3) is 0.273. The molecule has 0 heterocycles. The molecule has 1 aromatic rings. The molecule has 1 amide bonds. The van der Waals surface area contributed by atoms with Crippen molar-refractivity contribution in [3.63, 3.8) is 0 Å². The summed E-state index contributed by atoms with van der Waals surface area (Å²) >= 11 is 11.8. The number of amides is 1. The van der Waals surface area contributed by atoms with E-state index in [0.29, 0.717) is 22.3 Å². The second kappa shape index (κ2) is 5.89. The molecule has 0 bridgehead atoms. The highest BCUT2D eigenvalue weighted by Crippen LogP contribution is 2.27. The molecule has 0 spiro atoms. The molecule has 1 N–H and O–H groups in total. The number of ketones is 1.